The van der Waals surface area contributed by atoms with Gasteiger partial charge in [0.1, 0.15) is 5.82 Å². The highest BCUT2D eigenvalue weighted by molar-refractivity contribution is 5.98. The van der Waals surface area contributed by atoms with Crippen LogP contribution >= 0.6 is 0 Å². The topological polar surface area (TPSA) is 72.5 Å². The van der Waals surface area contributed by atoms with Gasteiger partial charge in [-0.1, -0.05) is 36.4 Å². The van der Waals surface area contributed by atoms with Gasteiger partial charge in [0.15, 0.2) is 12.4 Å². The smallest absolute Gasteiger partial charge is 0.331 e. The van der Waals surface area contributed by atoms with E-state index in [0.29, 0.717) is 17.7 Å². The fraction of sp³-hybridized carbons (Fsp3) is 0.227. The molecule has 2 rings (SSSR count). The van der Waals surface area contributed by atoms with E-state index >= 15 is 0 Å². The minimum absolute atomic E-state index is 0.0544. The second kappa shape index (κ2) is 10.8. The van der Waals surface area contributed by atoms with Gasteiger partial charge in [-0.3, -0.25) is 9.59 Å². The summed E-state index contributed by atoms with van der Waals surface area (Å²) in [5.41, 5.74) is 2.03. The largest absolute Gasteiger partial charge is 0.454 e. The third-order valence-corrected chi connectivity index (χ3v) is 3.90. The quantitative estimate of drug-likeness (QED) is 0.312. The fourth-order valence-corrected chi connectivity index (χ4v) is 2.46. The monoisotopic (exact) mass is 383 g/mol. The van der Waals surface area contributed by atoms with Crippen LogP contribution in [0.15, 0.2) is 54.6 Å². The van der Waals surface area contributed by atoms with Gasteiger partial charge in [-0.2, -0.15) is 0 Å². The molecule has 2 aromatic carbocycles. The summed E-state index contributed by atoms with van der Waals surface area (Å²) in [6, 6.07) is 12.8. The molecule has 0 aromatic heterocycles. The Balaban J connectivity index is 1.77. The normalized spacial score (nSPS) is 10.6. The summed E-state index contributed by atoms with van der Waals surface area (Å²) in [7, 11) is 0. The first-order chi connectivity index (χ1) is 13.4. The van der Waals surface area contributed by atoms with Crippen molar-refractivity contribution in [2.45, 2.75) is 19.8 Å². The SMILES string of the molecule is CC(=O)NCCCc1ccc(C(=O)COC(=O)/C=C/c2cccc(F)c2)cc1. The van der Waals surface area contributed by atoms with Gasteiger partial charge in [0, 0.05) is 25.1 Å². The van der Waals surface area contributed by atoms with E-state index in [1.54, 1.807) is 18.2 Å². The Labute approximate surface area is 163 Å². The van der Waals surface area contributed by atoms with Crippen molar-refractivity contribution in [2.75, 3.05) is 13.2 Å². The summed E-state index contributed by atoms with van der Waals surface area (Å²) >= 11 is 0. The molecule has 6 heteroatoms. The molecule has 0 radical (unpaired) electrons. The number of ether oxygens (including phenoxy) is 1. The minimum atomic E-state index is -0.674. The number of benzene rings is 2. The highest BCUT2D eigenvalue weighted by atomic mass is 19.1. The summed E-state index contributed by atoms with van der Waals surface area (Å²) in [5.74, 6) is -1.44. The maximum atomic E-state index is 13.1. The average molecular weight is 383 g/mol. The van der Waals surface area contributed by atoms with E-state index in [0.717, 1.165) is 24.5 Å². The van der Waals surface area contributed by atoms with Crippen LogP contribution in [0, 0.1) is 5.82 Å². The van der Waals surface area contributed by atoms with Gasteiger partial charge in [-0.05, 0) is 42.2 Å². The summed E-state index contributed by atoms with van der Waals surface area (Å²) < 4.78 is 18.0. The zero-order valence-electron chi connectivity index (χ0n) is 15.6. The van der Waals surface area contributed by atoms with Gasteiger partial charge in [0.2, 0.25) is 5.91 Å². The van der Waals surface area contributed by atoms with Crippen LogP contribution in [0.1, 0.15) is 34.8 Å². The number of Topliss-reactive ketones (excluding diaryl/α,β-unsaturated/α-hetero) is 1. The molecule has 2 aromatic rings. The molecule has 146 valence electrons. The summed E-state index contributed by atoms with van der Waals surface area (Å²) in [6.45, 7) is 1.72. The molecule has 0 aliphatic rings. The maximum Gasteiger partial charge on any atom is 0.331 e. The molecule has 28 heavy (non-hydrogen) atoms. The number of rotatable bonds is 9. The number of ketones is 1. The van der Waals surface area contributed by atoms with E-state index < -0.39 is 11.8 Å². The number of hydrogen-bond donors (Lipinski definition) is 1. The molecule has 0 saturated carbocycles. The van der Waals surface area contributed by atoms with Crippen molar-refractivity contribution in [2.24, 2.45) is 0 Å². The zero-order chi connectivity index (χ0) is 20.4. The highest BCUT2D eigenvalue weighted by Gasteiger charge is 2.08. The van der Waals surface area contributed by atoms with E-state index in [4.69, 9.17) is 4.74 Å². The lowest BCUT2D eigenvalue weighted by Crippen LogP contribution is -2.21. The molecule has 1 amide bonds. The van der Waals surface area contributed by atoms with Crippen molar-refractivity contribution in [3.63, 3.8) is 0 Å². The second-order valence-electron chi connectivity index (χ2n) is 6.20. The predicted octanol–water partition coefficient (Wildman–Crippen LogP) is 3.33. The molecule has 0 spiro atoms. The number of nitrogens with one attached hydrogen (secondary N) is 1. The van der Waals surface area contributed by atoms with Crippen molar-refractivity contribution in [1.29, 1.82) is 0 Å². The Kier molecular flexibility index (Phi) is 8.09. The van der Waals surface area contributed by atoms with Crippen molar-refractivity contribution in [3.8, 4) is 0 Å². The molecule has 0 atom stereocenters. The van der Waals surface area contributed by atoms with E-state index in [1.165, 1.54) is 31.2 Å². The molecular formula is C22H22FNO4. The van der Waals surface area contributed by atoms with Crippen LogP contribution in [0.5, 0.6) is 0 Å². The molecule has 0 aliphatic heterocycles. The lowest BCUT2D eigenvalue weighted by molar-refractivity contribution is -0.136. The molecule has 1 N–H and O–H groups in total. The Bertz CT molecular complexity index is 859. The Morgan fingerprint density at radius 2 is 1.86 bits per heavy atom. The Morgan fingerprint density at radius 1 is 1.11 bits per heavy atom. The first-order valence-corrected chi connectivity index (χ1v) is 8.91. The van der Waals surface area contributed by atoms with Crippen molar-refractivity contribution < 1.29 is 23.5 Å². The molecule has 0 aliphatic carbocycles. The Morgan fingerprint density at radius 3 is 2.54 bits per heavy atom. The standard InChI is InChI=1S/C22H22FNO4/c1-16(25)24-13-3-5-17-7-10-19(11-8-17)21(26)15-28-22(27)12-9-18-4-2-6-20(23)14-18/h2,4,6-12,14H,3,5,13,15H2,1H3,(H,24,25)/b12-9+. The number of amides is 1. The Hall–Kier alpha value is -3.28. The lowest BCUT2D eigenvalue weighted by Gasteiger charge is -2.05. The molecule has 0 unspecified atom stereocenters. The van der Waals surface area contributed by atoms with Crippen LogP contribution in [0.25, 0.3) is 6.08 Å². The van der Waals surface area contributed by atoms with Crippen LogP contribution in [-0.4, -0.2) is 30.8 Å². The first kappa shape index (κ1) is 21.0. The summed E-state index contributed by atoms with van der Waals surface area (Å²) in [6.07, 6.45) is 4.17. The molecule has 0 saturated heterocycles. The van der Waals surface area contributed by atoms with E-state index in [9.17, 15) is 18.8 Å². The number of halogens is 1. The predicted molar refractivity (Wildman–Crippen MR) is 104 cm³/mol. The van der Waals surface area contributed by atoms with Crippen molar-refractivity contribution in [1.82, 2.24) is 5.32 Å². The van der Waals surface area contributed by atoms with Gasteiger partial charge in [-0.15, -0.1) is 0 Å². The van der Waals surface area contributed by atoms with Crippen LogP contribution in [0.2, 0.25) is 0 Å². The summed E-state index contributed by atoms with van der Waals surface area (Å²) in [4.78, 5) is 34.6. The fourth-order valence-electron chi connectivity index (χ4n) is 2.46. The van der Waals surface area contributed by atoms with E-state index in [2.05, 4.69) is 5.32 Å². The van der Waals surface area contributed by atoms with Crippen molar-refractivity contribution >= 4 is 23.7 Å². The number of aryl methyl sites for hydroxylation is 1. The van der Waals surface area contributed by atoms with Gasteiger partial charge in [-0.25, -0.2) is 9.18 Å². The van der Waals surface area contributed by atoms with E-state index in [-0.39, 0.29) is 18.3 Å². The minimum Gasteiger partial charge on any atom is -0.454 e. The molecular weight excluding hydrogens is 361 g/mol. The number of esters is 1. The third-order valence-electron chi connectivity index (χ3n) is 3.90. The first-order valence-electron chi connectivity index (χ1n) is 8.91. The van der Waals surface area contributed by atoms with Crippen LogP contribution in [-0.2, 0) is 20.7 Å². The van der Waals surface area contributed by atoms with Gasteiger partial charge in [0.25, 0.3) is 0 Å². The van der Waals surface area contributed by atoms with Crippen LogP contribution in [0.4, 0.5) is 4.39 Å². The second-order valence-corrected chi connectivity index (χ2v) is 6.20. The zero-order valence-corrected chi connectivity index (χ0v) is 15.6. The van der Waals surface area contributed by atoms with Crippen LogP contribution < -0.4 is 5.32 Å². The average Bonchev–Trinajstić information content (AvgIpc) is 2.68. The number of carbonyl (C=O) groups excluding carboxylic acids is 3. The highest BCUT2D eigenvalue weighted by Crippen LogP contribution is 2.08. The molecule has 5 nitrogen and oxygen atoms in total. The summed E-state index contributed by atoms with van der Waals surface area (Å²) in [5, 5.41) is 2.73. The maximum absolute atomic E-state index is 13.1. The van der Waals surface area contributed by atoms with Gasteiger partial charge >= 0.3 is 5.97 Å². The number of hydrogen-bond acceptors (Lipinski definition) is 4. The van der Waals surface area contributed by atoms with Crippen LogP contribution in [0.3, 0.4) is 0 Å². The van der Waals surface area contributed by atoms with Gasteiger partial charge in [0.05, 0.1) is 0 Å². The molecule has 0 bridgehead atoms. The van der Waals surface area contributed by atoms with Gasteiger partial charge < -0.3 is 10.1 Å². The molecule has 0 heterocycles. The van der Waals surface area contributed by atoms with Crippen molar-refractivity contribution in [3.05, 3.63) is 77.1 Å². The molecule has 0 fully saturated rings. The van der Waals surface area contributed by atoms with E-state index in [1.807, 2.05) is 12.1 Å². The third kappa shape index (κ3) is 7.53. The number of carbonyl (C=O) groups is 3. The lowest BCUT2D eigenvalue weighted by atomic mass is 10.1.